The van der Waals surface area contributed by atoms with Crippen molar-refractivity contribution in [2.75, 3.05) is 31.7 Å². The molecule has 0 bridgehead atoms. The van der Waals surface area contributed by atoms with Crippen molar-refractivity contribution in [3.05, 3.63) is 29.3 Å². The van der Waals surface area contributed by atoms with Gasteiger partial charge in [0.05, 0.1) is 17.9 Å². The van der Waals surface area contributed by atoms with Crippen LogP contribution in [0.2, 0.25) is 0 Å². The number of methoxy groups -OCH3 is 1. The summed E-state index contributed by atoms with van der Waals surface area (Å²) in [7, 11) is 1.56. The second-order valence-corrected chi connectivity index (χ2v) is 4.70. The van der Waals surface area contributed by atoms with Crippen molar-refractivity contribution in [2.45, 2.75) is 13.8 Å². The molecule has 0 amide bonds. The van der Waals surface area contributed by atoms with Gasteiger partial charge >= 0.3 is 0 Å². The summed E-state index contributed by atoms with van der Waals surface area (Å²) < 4.78 is 32.6. The van der Waals surface area contributed by atoms with E-state index in [0.29, 0.717) is 25.6 Å². The van der Waals surface area contributed by atoms with Crippen LogP contribution in [0.4, 0.5) is 14.5 Å². The SMILES string of the molecule is COCCN(CC(C)C)c1ccc(C#N)c(F)c1F. The van der Waals surface area contributed by atoms with Gasteiger partial charge in [0, 0.05) is 20.2 Å². The van der Waals surface area contributed by atoms with Crippen LogP contribution in [0.25, 0.3) is 0 Å². The first-order chi connectivity index (χ1) is 9.01. The Bertz CT molecular complexity index is 469. The molecule has 1 aromatic carbocycles. The third kappa shape index (κ3) is 3.90. The molecule has 0 spiro atoms. The number of nitrogens with zero attached hydrogens (tertiary/aromatic N) is 2. The fourth-order valence-electron chi connectivity index (χ4n) is 1.82. The van der Waals surface area contributed by atoms with E-state index in [1.165, 1.54) is 12.1 Å². The summed E-state index contributed by atoms with van der Waals surface area (Å²) in [6.45, 7) is 5.48. The van der Waals surface area contributed by atoms with Gasteiger partial charge in [-0.05, 0) is 18.1 Å². The van der Waals surface area contributed by atoms with Crippen LogP contribution in [0.5, 0.6) is 0 Å². The van der Waals surface area contributed by atoms with E-state index < -0.39 is 11.6 Å². The Balaban J connectivity index is 3.08. The molecule has 5 heteroatoms. The minimum absolute atomic E-state index is 0.169. The van der Waals surface area contributed by atoms with Crippen molar-refractivity contribution in [1.82, 2.24) is 0 Å². The highest BCUT2D eigenvalue weighted by molar-refractivity contribution is 5.52. The van der Waals surface area contributed by atoms with Crippen molar-refractivity contribution >= 4 is 5.69 Å². The Kier molecular flexibility index (Phi) is 5.71. The quantitative estimate of drug-likeness (QED) is 0.796. The zero-order chi connectivity index (χ0) is 14.4. The molecule has 0 fully saturated rings. The molecule has 0 radical (unpaired) electrons. The number of nitriles is 1. The van der Waals surface area contributed by atoms with Crippen LogP contribution in [0.1, 0.15) is 19.4 Å². The van der Waals surface area contributed by atoms with E-state index in [2.05, 4.69) is 0 Å². The number of hydrogen-bond acceptors (Lipinski definition) is 3. The van der Waals surface area contributed by atoms with Gasteiger partial charge in [0.1, 0.15) is 6.07 Å². The van der Waals surface area contributed by atoms with E-state index >= 15 is 0 Å². The molecule has 1 rings (SSSR count). The monoisotopic (exact) mass is 268 g/mol. The Labute approximate surface area is 112 Å². The van der Waals surface area contributed by atoms with Gasteiger partial charge in [-0.3, -0.25) is 0 Å². The van der Waals surface area contributed by atoms with Crippen molar-refractivity contribution in [1.29, 1.82) is 5.26 Å². The normalized spacial score (nSPS) is 10.6. The summed E-state index contributed by atoms with van der Waals surface area (Å²) in [4.78, 5) is 1.73. The smallest absolute Gasteiger partial charge is 0.183 e. The van der Waals surface area contributed by atoms with Gasteiger partial charge in [-0.1, -0.05) is 13.8 Å². The first kappa shape index (κ1) is 15.4. The zero-order valence-electron chi connectivity index (χ0n) is 11.4. The molecule has 0 atom stereocenters. The van der Waals surface area contributed by atoms with Crippen molar-refractivity contribution in [2.24, 2.45) is 5.92 Å². The van der Waals surface area contributed by atoms with E-state index in [4.69, 9.17) is 10.00 Å². The Morgan fingerprint density at radius 3 is 2.53 bits per heavy atom. The van der Waals surface area contributed by atoms with Gasteiger partial charge in [0.15, 0.2) is 11.6 Å². The van der Waals surface area contributed by atoms with Crippen molar-refractivity contribution in [3.8, 4) is 6.07 Å². The number of hydrogen-bond donors (Lipinski definition) is 0. The molecule has 1 aromatic rings. The van der Waals surface area contributed by atoms with Crippen molar-refractivity contribution < 1.29 is 13.5 Å². The fourth-order valence-corrected chi connectivity index (χ4v) is 1.82. The van der Waals surface area contributed by atoms with Crippen LogP contribution in [0.3, 0.4) is 0 Å². The molecule has 19 heavy (non-hydrogen) atoms. The fraction of sp³-hybridized carbons (Fsp3) is 0.500. The highest BCUT2D eigenvalue weighted by atomic mass is 19.2. The number of ether oxygens (including phenoxy) is 1. The molecule has 0 aliphatic rings. The maximum atomic E-state index is 14.0. The molecule has 0 aromatic heterocycles. The van der Waals surface area contributed by atoms with Gasteiger partial charge in [-0.25, -0.2) is 8.78 Å². The Morgan fingerprint density at radius 1 is 1.32 bits per heavy atom. The molecule has 0 N–H and O–H groups in total. The minimum Gasteiger partial charge on any atom is -0.383 e. The average Bonchev–Trinajstić information content (AvgIpc) is 2.37. The molecule has 3 nitrogen and oxygen atoms in total. The van der Waals surface area contributed by atoms with E-state index in [9.17, 15) is 8.78 Å². The van der Waals surface area contributed by atoms with Gasteiger partial charge in [0.25, 0.3) is 0 Å². The molecule has 0 aliphatic heterocycles. The third-order valence-corrected chi connectivity index (χ3v) is 2.67. The van der Waals surface area contributed by atoms with Gasteiger partial charge in [0.2, 0.25) is 0 Å². The topological polar surface area (TPSA) is 36.3 Å². The first-order valence-electron chi connectivity index (χ1n) is 6.13. The van der Waals surface area contributed by atoms with Crippen LogP contribution >= 0.6 is 0 Å². The van der Waals surface area contributed by atoms with Crippen LogP contribution in [0.15, 0.2) is 12.1 Å². The van der Waals surface area contributed by atoms with E-state index in [1.54, 1.807) is 18.1 Å². The van der Waals surface area contributed by atoms with Crippen LogP contribution < -0.4 is 4.90 Å². The number of benzene rings is 1. The summed E-state index contributed by atoms with van der Waals surface area (Å²) in [5.41, 5.74) is -0.111. The lowest BCUT2D eigenvalue weighted by Gasteiger charge is -2.27. The largest absolute Gasteiger partial charge is 0.383 e. The maximum absolute atomic E-state index is 14.0. The Hall–Kier alpha value is -1.67. The van der Waals surface area contributed by atoms with Gasteiger partial charge < -0.3 is 9.64 Å². The van der Waals surface area contributed by atoms with E-state index in [-0.39, 0.29) is 11.3 Å². The average molecular weight is 268 g/mol. The van der Waals surface area contributed by atoms with Gasteiger partial charge in [-0.2, -0.15) is 5.26 Å². The van der Waals surface area contributed by atoms with Crippen LogP contribution in [-0.4, -0.2) is 26.8 Å². The standard InChI is InChI=1S/C14H18F2N2O/c1-10(2)9-18(6-7-19-3)12-5-4-11(8-17)13(15)14(12)16/h4-5,10H,6-7,9H2,1-3H3. The molecule has 0 unspecified atom stereocenters. The second-order valence-electron chi connectivity index (χ2n) is 4.70. The summed E-state index contributed by atoms with van der Waals surface area (Å²) in [5, 5.41) is 8.67. The summed E-state index contributed by atoms with van der Waals surface area (Å²) in [6.07, 6.45) is 0. The number of anilines is 1. The predicted molar refractivity (Wildman–Crippen MR) is 70.0 cm³/mol. The molecule has 0 heterocycles. The zero-order valence-corrected chi connectivity index (χ0v) is 11.4. The lowest BCUT2D eigenvalue weighted by atomic mass is 10.1. The summed E-state index contributed by atoms with van der Waals surface area (Å²) in [5.74, 6) is -1.77. The van der Waals surface area contributed by atoms with Crippen molar-refractivity contribution in [3.63, 3.8) is 0 Å². The molecule has 104 valence electrons. The Morgan fingerprint density at radius 2 is 2.00 bits per heavy atom. The molecular formula is C14H18F2N2O. The molecular weight excluding hydrogens is 250 g/mol. The molecule has 0 saturated heterocycles. The second kappa shape index (κ2) is 7.05. The van der Waals surface area contributed by atoms with Crippen LogP contribution in [-0.2, 0) is 4.74 Å². The lowest BCUT2D eigenvalue weighted by molar-refractivity contribution is 0.204. The maximum Gasteiger partial charge on any atom is 0.183 e. The number of rotatable bonds is 6. The van der Waals surface area contributed by atoms with Gasteiger partial charge in [-0.15, -0.1) is 0 Å². The highest BCUT2D eigenvalue weighted by Gasteiger charge is 2.18. The summed E-state index contributed by atoms with van der Waals surface area (Å²) in [6, 6.07) is 4.37. The van der Waals surface area contributed by atoms with E-state index in [1.807, 2.05) is 13.8 Å². The number of halogens is 2. The lowest BCUT2D eigenvalue weighted by Crippen LogP contribution is -2.32. The molecule has 0 aliphatic carbocycles. The highest BCUT2D eigenvalue weighted by Crippen LogP contribution is 2.24. The van der Waals surface area contributed by atoms with E-state index in [0.717, 1.165) is 0 Å². The minimum atomic E-state index is -1.09. The summed E-state index contributed by atoms with van der Waals surface area (Å²) >= 11 is 0. The third-order valence-electron chi connectivity index (χ3n) is 2.67. The molecule has 0 saturated carbocycles. The van der Waals surface area contributed by atoms with Crippen LogP contribution in [0, 0.1) is 28.9 Å². The predicted octanol–water partition coefficient (Wildman–Crippen LogP) is 2.95. The first-order valence-corrected chi connectivity index (χ1v) is 6.13.